The van der Waals surface area contributed by atoms with Gasteiger partial charge in [0.15, 0.2) is 0 Å². The summed E-state index contributed by atoms with van der Waals surface area (Å²) in [4.78, 5) is 0. The smallest absolute Gasteiger partial charge is 0.0590 e. The highest BCUT2D eigenvalue weighted by atomic mass is 13.7. The number of benzene rings is 7. The lowest BCUT2D eigenvalue weighted by Gasteiger charge is -1.69. The molecule has 7 aromatic carbocycles. The van der Waals surface area contributed by atoms with Gasteiger partial charge in [-0.3, -0.25) is 0 Å². The van der Waals surface area contributed by atoms with E-state index in [0.29, 0.717) is 0 Å². The summed E-state index contributed by atoms with van der Waals surface area (Å²) in [5.74, 6) is 0. The van der Waals surface area contributed by atoms with Gasteiger partial charge in [0, 0.05) is 0 Å². The van der Waals surface area contributed by atoms with Crippen molar-refractivity contribution in [3.63, 3.8) is 0 Å². The summed E-state index contributed by atoms with van der Waals surface area (Å²) in [6, 6.07) is 84.0. The van der Waals surface area contributed by atoms with Gasteiger partial charge < -0.3 is 0 Å². The van der Waals surface area contributed by atoms with E-state index in [0.717, 1.165) is 0 Å². The fraction of sp³-hybridized carbons (Fsp3) is 0.382. The molecule has 0 bridgehead atoms. The highest BCUT2D eigenvalue weighted by Gasteiger charge is 1.61. The molecule has 0 unspecified atom stereocenters. The van der Waals surface area contributed by atoms with Crippen molar-refractivity contribution in [3.05, 3.63) is 255 Å². The summed E-state index contributed by atoms with van der Waals surface area (Å²) < 4.78 is 0. The second-order valence-corrected chi connectivity index (χ2v) is 11.6. The van der Waals surface area contributed by atoms with Gasteiger partial charge in [-0.1, -0.05) is 433 Å². The first-order valence-corrected chi connectivity index (χ1v) is 26.1. The van der Waals surface area contributed by atoms with Gasteiger partial charge in [-0.2, -0.15) is 0 Å². The third-order valence-electron chi connectivity index (χ3n) is 4.67. The van der Waals surface area contributed by atoms with Crippen molar-refractivity contribution in [1.29, 1.82) is 0 Å². The maximum Gasteiger partial charge on any atom is -0.0590 e. The molecule has 7 rings (SSSR count). The molecule has 7 aromatic rings. The summed E-state index contributed by atoms with van der Waals surface area (Å²) in [5, 5.41) is 0. The Hall–Kier alpha value is -5.46. The molecular formula is C68H116. The Labute approximate surface area is 430 Å². The van der Waals surface area contributed by atoms with E-state index in [1.165, 1.54) is 32.1 Å². The molecule has 0 aliphatic carbocycles. The minimum atomic E-state index is 0. The molecule has 0 atom stereocenters. The topological polar surface area (TPSA) is 0 Å². The first-order chi connectivity index (χ1) is 33.1. The minimum absolute atomic E-state index is 0. The van der Waals surface area contributed by atoms with Gasteiger partial charge in [-0.25, -0.2) is 0 Å². The molecule has 0 aromatic heterocycles. The average Bonchev–Trinajstić information content (AvgIpc) is 3.45. The van der Waals surface area contributed by atoms with E-state index < -0.39 is 0 Å². The predicted molar refractivity (Wildman–Crippen MR) is 328 cm³/mol. The summed E-state index contributed by atoms with van der Waals surface area (Å²) in [6.45, 7) is 41.2. The molecule has 0 heteroatoms. The monoisotopic (exact) mass is 933 g/mol. The molecule has 0 saturated heterocycles. The second kappa shape index (κ2) is 131. The maximum absolute atomic E-state index is 2.12. The molecule has 0 aliphatic heterocycles. The Morgan fingerprint density at radius 2 is 0.132 bits per heavy atom. The maximum atomic E-state index is 2.12. The predicted octanol–water partition coefficient (Wildman–Crippen LogP) is 24.7. The number of rotatable bonds is 0. The van der Waals surface area contributed by atoms with Gasteiger partial charge in [-0.15, -0.1) is 0 Å². The van der Waals surface area contributed by atoms with Crippen molar-refractivity contribution in [3.8, 4) is 0 Å². The Kier molecular flexibility index (Phi) is 171. The second-order valence-electron chi connectivity index (χ2n) is 11.6. The van der Waals surface area contributed by atoms with Crippen LogP contribution in [0.5, 0.6) is 0 Å². The molecule has 0 N–H and O–H groups in total. The molecule has 0 spiro atoms. The summed E-state index contributed by atoms with van der Waals surface area (Å²) >= 11 is 0. The molecule has 0 nitrogen and oxygen atoms in total. The van der Waals surface area contributed by atoms with E-state index in [1.54, 1.807) is 0 Å². The van der Waals surface area contributed by atoms with Crippen LogP contribution in [0.1, 0.15) is 178 Å². The van der Waals surface area contributed by atoms with Gasteiger partial charge in [0.25, 0.3) is 0 Å². The van der Waals surface area contributed by atoms with E-state index in [9.17, 15) is 0 Å². The third kappa shape index (κ3) is 161. The molecule has 0 heterocycles. The van der Waals surface area contributed by atoms with Crippen LogP contribution < -0.4 is 0 Å². The fourth-order valence-electron chi connectivity index (χ4n) is 2.69. The summed E-state index contributed by atoms with van der Waals surface area (Å²) in [7, 11) is 0. The molecule has 0 saturated carbocycles. The molecule has 0 aliphatic rings. The van der Waals surface area contributed by atoms with Crippen molar-refractivity contribution in [2.75, 3.05) is 0 Å². The Bertz CT molecular complexity index is 884. The van der Waals surface area contributed by atoms with E-state index in [4.69, 9.17) is 0 Å². The van der Waals surface area contributed by atoms with Crippen molar-refractivity contribution < 1.29 is 0 Å². The third-order valence-corrected chi connectivity index (χ3v) is 4.67. The van der Waals surface area contributed by atoms with E-state index in [2.05, 4.69) is 69.2 Å². The Morgan fingerprint density at radius 3 is 0.147 bits per heavy atom. The summed E-state index contributed by atoms with van der Waals surface area (Å²) in [5.41, 5.74) is 0. The molecule has 68 heavy (non-hydrogen) atoms. The van der Waals surface area contributed by atoms with Gasteiger partial charge in [0.1, 0.15) is 0 Å². The zero-order chi connectivity index (χ0) is 53.2. The highest BCUT2D eigenvalue weighted by Crippen LogP contribution is 1.83. The van der Waals surface area contributed by atoms with Gasteiger partial charge in [0.05, 0.1) is 0 Å². The fourth-order valence-corrected chi connectivity index (χ4v) is 2.69. The van der Waals surface area contributed by atoms with Crippen LogP contribution >= 0.6 is 0 Å². The van der Waals surface area contributed by atoms with Crippen molar-refractivity contribution in [2.24, 2.45) is 0 Å². The van der Waals surface area contributed by atoms with Crippen molar-refractivity contribution in [2.45, 2.75) is 178 Å². The van der Waals surface area contributed by atoms with Crippen LogP contribution in [0.15, 0.2) is 255 Å². The minimum Gasteiger partial charge on any atom is -0.0776 e. The standard InChI is InChI=1S/7C6H6.5C3H8.5C2H6.CH4/c7*1-2-4-6-5-3-1;5*1-3-2;5*1-2;/h7*1-6H;5*3H2,1-2H3;5*1-2H3;1H4. The number of hydrogen-bond acceptors (Lipinski definition) is 0. The molecule has 0 amide bonds. The van der Waals surface area contributed by atoms with Gasteiger partial charge in [-0.05, 0) is 0 Å². The van der Waals surface area contributed by atoms with Crippen LogP contribution in [0.25, 0.3) is 0 Å². The van der Waals surface area contributed by atoms with Crippen LogP contribution in [0, 0.1) is 0 Å². The lowest BCUT2D eigenvalue weighted by molar-refractivity contribution is 1.09. The Balaban J connectivity index is -0.0000000574. The lowest BCUT2D eigenvalue weighted by atomic mass is 10.4. The quantitative estimate of drug-likeness (QED) is 0.142. The normalized spacial score (nSPS) is 6.71. The lowest BCUT2D eigenvalue weighted by Crippen LogP contribution is -1.47. The Morgan fingerprint density at radius 1 is 0.118 bits per heavy atom. The SMILES string of the molecule is C.CC.CC.CC.CC.CC.CCC.CCC.CCC.CCC.CCC.c1ccccc1.c1ccccc1.c1ccccc1.c1ccccc1.c1ccccc1.c1ccccc1.c1ccccc1. The first-order valence-electron chi connectivity index (χ1n) is 26.1. The van der Waals surface area contributed by atoms with Gasteiger partial charge in [0.2, 0.25) is 0 Å². The largest absolute Gasteiger partial charge is 0.0776 e. The average molecular weight is 934 g/mol. The van der Waals surface area contributed by atoms with Crippen molar-refractivity contribution in [1.82, 2.24) is 0 Å². The first kappa shape index (κ1) is 89.2. The van der Waals surface area contributed by atoms with Crippen LogP contribution in [0.3, 0.4) is 0 Å². The van der Waals surface area contributed by atoms with Crippen LogP contribution in [0.4, 0.5) is 0 Å². The molecule has 0 fully saturated rings. The van der Waals surface area contributed by atoms with E-state index >= 15 is 0 Å². The van der Waals surface area contributed by atoms with Crippen LogP contribution in [0.2, 0.25) is 0 Å². The molecule has 0 radical (unpaired) electrons. The summed E-state index contributed by atoms with van der Waals surface area (Å²) in [6.07, 6.45) is 6.25. The molecule has 388 valence electrons. The van der Waals surface area contributed by atoms with Gasteiger partial charge >= 0.3 is 0 Å². The van der Waals surface area contributed by atoms with E-state index in [-0.39, 0.29) is 7.43 Å². The van der Waals surface area contributed by atoms with Crippen LogP contribution in [-0.2, 0) is 0 Å². The zero-order valence-corrected chi connectivity index (χ0v) is 47.8. The zero-order valence-electron chi connectivity index (χ0n) is 47.8. The number of hydrogen-bond donors (Lipinski definition) is 0. The van der Waals surface area contributed by atoms with E-state index in [1.807, 2.05) is 324 Å². The van der Waals surface area contributed by atoms with Crippen molar-refractivity contribution >= 4 is 0 Å². The molecular weight excluding hydrogens is 817 g/mol. The van der Waals surface area contributed by atoms with Crippen LogP contribution in [-0.4, -0.2) is 0 Å². The highest BCUT2D eigenvalue weighted by molar-refractivity contribution is 5.02.